The van der Waals surface area contributed by atoms with Crippen molar-refractivity contribution in [2.24, 2.45) is 0 Å². The van der Waals surface area contributed by atoms with Crippen LogP contribution in [0.3, 0.4) is 0 Å². The standard InChI is InChI=1S/C17H15N3O3S/c21-17(19-10-4-1-5-11-19)13-7-8-15(14(12-13)20(22)23)24-16-6-2-3-9-18-16/h1-4,6-9,12H,5,10-11H2/p+1. The van der Waals surface area contributed by atoms with E-state index in [0.717, 1.165) is 11.4 Å². The van der Waals surface area contributed by atoms with Gasteiger partial charge in [0, 0.05) is 36.9 Å². The third kappa shape index (κ3) is 3.62. The van der Waals surface area contributed by atoms with Crippen LogP contribution in [-0.2, 0) is 0 Å². The molecule has 0 saturated heterocycles. The van der Waals surface area contributed by atoms with Crippen molar-refractivity contribution in [1.29, 1.82) is 0 Å². The molecule has 1 amide bonds. The van der Waals surface area contributed by atoms with Crippen molar-refractivity contribution < 1.29 is 14.7 Å². The molecule has 1 N–H and O–H groups in total. The molecule has 0 spiro atoms. The van der Waals surface area contributed by atoms with Crippen LogP contribution < -0.4 is 4.98 Å². The normalized spacial score (nSPS) is 13.8. The Morgan fingerprint density at radius 1 is 1.25 bits per heavy atom. The van der Waals surface area contributed by atoms with E-state index >= 15 is 0 Å². The molecule has 2 aromatic rings. The van der Waals surface area contributed by atoms with E-state index in [9.17, 15) is 14.9 Å². The van der Waals surface area contributed by atoms with Crippen LogP contribution in [0, 0.1) is 10.1 Å². The van der Waals surface area contributed by atoms with Gasteiger partial charge in [0.15, 0.2) is 6.20 Å². The Morgan fingerprint density at radius 2 is 2.12 bits per heavy atom. The van der Waals surface area contributed by atoms with Crippen LogP contribution >= 0.6 is 11.8 Å². The molecule has 1 aliphatic rings. The minimum atomic E-state index is -0.446. The molecule has 24 heavy (non-hydrogen) atoms. The number of aromatic amines is 1. The lowest BCUT2D eigenvalue weighted by Gasteiger charge is -2.23. The molecular weight excluding hydrogens is 326 g/mol. The van der Waals surface area contributed by atoms with Crippen molar-refractivity contribution in [1.82, 2.24) is 4.90 Å². The maximum atomic E-state index is 12.5. The van der Waals surface area contributed by atoms with Gasteiger partial charge in [0.2, 0.25) is 5.03 Å². The number of rotatable bonds is 4. The van der Waals surface area contributed by atoms with Gasteiger partial charge in [0.05, 0.1) is 9.82 Å². The van der Waals surface area contributed by atoms with Crippen LogP contribution in [0.15, 0.2) is 64.7 Å². The van der Waals surface area contributed by atoms with Crippen LogP contribution in [0.25, 0.3) is 0 Å². The fourth-order valence-corrected chi connectivity index (χ4v) is 3.33. The minimum Gasteiger partial charge on any atom is -0.335 e. The number of nitro groups is 1. The van der Waals surface area contributed by atoms with Crippen molar-refractivity contribution in [2.75, 3.05) is 13.1 Å². The predicted octanol–water partition coefficient (Wildman–Crippen LogP) is 2.96. The number of H-pyrrole nitrogens is 1. The van der Waals surface area contributed by atoms with E-state index < -0.39 is 4.92 Å². The number of hydrogen-bond donors (Lipinski definition) is 0. The van der Waals surface area contributed by atoms with Crippen molar-refractivity contribution in [3.8, 4) is 0 Å². The fourth-order valence-electron chi connectivity index (χ4n) is 2.45. The van der Waals surface area contributed by atoms with E-state index in [1.165, 1.54) is 17.8 Å². The molecule has 0 fully saturated rings. The second-order valence-electron chi connectivity index (χ2n) is 5.28. The number of nitrogens with one attached hydrogen (secondary N) is 1. The second-order valence-corrected chi connectivity index (χ2v) is 6.36. The number of nitrogens with zero attached hydrogens (tertiary/aromatic N) is 2. The van der Waals surface area contributed by atoms with E-state index in [2.05, 4.69) is 4.98 Å². The molecule has 0 unspecified atom stereocenters. The molecule has 1 aromatic heterocycles. The molecule has 1 aliphatic heterocycles. The number of benzene rings is 1. The number of pyridine rings is 1. The van der Waals surface area contributed by atoms with Gasteiger partial charge in [-0.15, -0.1) is 0 Å². The Morgan fingerprint density at radius 3 is 2.79 bits per heavy atom. The van der Waals surface area contributed by atoms with Crippen molar-refractivity contribution in [2.45, 2.75) is 16.3 Å². The van der Waals surface area contributed by atoms with Crippen molar-refractivity contribution in [3.05, 3.63) is 70.4 Å². The van der Waals surface area contributed by atoms with E-state index in [4.69, 9.17) is 0 Å². The smallest absolute Gasteiger partial charge is 0.284 e. The number of carbonyl (C=O) groups is 1. The molecule has 7 heteroatoms. The van der Waals surface area contributed by atoms with Crippen LogP contribution in [0.4, 0.5) is 5.69 Å². The van der Waals surface area contributed by atoms with Crippen LogP contribution in [0.2, 0.25) is 0 Å². The first kappa shape index (κ1) is 16.2. The van der Waals surface area contributed by atoms with E-state index in [1.807, 2.05) is 30.4 Å². The predicted molar refractivity (Wildman–Crippen MR) is 89.9 cm³/mol. The van der Waals surface area contributed by atoms with Gasteiger partial charge in [0.1, 0.15) is 0 Å². The zero-order valence-corrected chi connectivity index (χ0v) is 13.7. The third-order valence-corrected chi connectivity index (χ3v) is 4.69. The van der Waals surface area contributed by atoms with Gasteiger partial charge in [-0.25, -0.2) is 4.98 Å². The molecule has 1 aromatic carbocycles. The summed E-state index contributed by atoms with van der Waals surface area (Å²) in [5.74, 6) is -0.176. The Hall–Kier alpha value is -2.67. The third-order valence-electron chi connectivity index (χ3n) is 3.65. The summed E-state index contributed by atoms with van der Waals surface area (Å²) in [6.45, 7) is 1.18. The van der Waals surface area contributed by atoms with Crippen LogP contribution in [0.5, 0.6) is 0 Å². The molecule has 6 nitrogen and oxygen atoms in total. The number of aromatic nitrogens is 1. The summed E-state index contributed by atoms with van der Waals surface area (Å²) in [5.41, 5.74) is 0.286. The zero-order valence-electron chi connectivity index (χ0n) is 12.8. The van der Waals surface area contributed by atoms with Gasteiger partial charge in [-0.1, -0.05) is 12.2 Å². The van der Waals surface area contributed by atoms with Gasteiger partial charge >= 0.3 is 0 Å². The summed E-state index contributed by atoms with van der Waals surface area (Å²) in [7, 11) is 0. The maximum Gasteiger partial charge on any atom is 0.284 e. The number of nitro benzene ring substituents is 1. The summed E-state index contributed by atoms with van der Waals surface area (Å²) in [6.07, 6.45) is 6.54. The Balaban J connectivity index is 1.88. The molecule has 3 rings (SSSR count). The molecule has 2 heterocycles. The molecule has 0 saturated carbocycles. The van der Waals surface area contributed by atoms with Gasteiger partial charge in [-0.05, 0) is 36.4 Å². The number of carbonyl (C=O) groups excluding carboxylic acids is 1. The first-order chi connectivity index (χ1) is 11.6. The van der Waals surface area contributed by atoms with Gasteiger partial charge in [-0.3, -0.25) is 14.9 Å². The second kappa shape index (κ2) is 7.27. The molecule has 0 bridgehead atoms. The highest BCUT2D eigenvalue weighted by atomic mass is 32.2. The zero-order chi connectivity index (χ0) is 16.9. The average molecular weight is 342 g/mol. The van der Waals surface area contributed by atoms with Crippen molar-refractivity contribution in [3.63, 3.8) is 0 Å². The lowest BCUT2D eigenvalue weighted by molar-refractivity contribution is -0.426. The van der Waals surface area contributed by atoms with Gasteiger partial charge < -0.3 is 4.90 Å². The topological polar surface area (TPSA) is 77.6 Å². The summed E-state index contributed by atoms with van der Waals surface area (Å²) in [5, 5.41) is 12.2. The summed E-state index contributed by atoms with van der Waals surface area (Å²) in [6, 6.07) is 10.2. The summed E-state index contributed by atoms with van der Waals surface area (Å²) >= 11 is 1.27. The molecular formula is C17H16N3O3S+. The highest BCUT2D eigenvalue weighted by molar-refractivity contribution is 7.99. The van der Waals surface area contributed by atoms with Gasteiger partial charge in [-0.2, -0.15) is 0 Å². The Bertz CT molecular complexity index is 793. The lowest BCUT2D eigenvalue weighted by Crippen LogP contribution is -2.33. The lowest BCUT2D eigenvalue weighted by atomic mass is 10.1. The highest BCUT2D eigenvalue weighted by Crippen LogP contribution is 2.33. The largest absolute Gasteiger partial charge is 0.335 e. The van der Waals surface area contributed by atoms with Crippen LogP contribution in [-0.4, -0.2) is 28.8 Å². The number of amides is 1. The first-order valence-electron chi connectivity index (χ1n) is 7.52. The molecule has 0 radical (unpaired) electrons. The molecule has 0 aliphatic carbocycles. The number of hydrogen-bond acceptors (Lipinski definition) is 4. The Kier molecular flexibility index (Phi) is 4.90. The minimum absolute atomic E-state index is 0.0596. The van der Waals surface area contributed by atoms with Gasteiger partial charge in [0.25, 0.3) is 11.6 Å². The fraction of sp³-hybridized carbons (Fsp3) is 0.176. The van der Waals surface area contributed by atoms with E-state index in [1.54, 1.807) is 23.2 Å². The Labute approximate surface area is 143 Å². The van der Waals surface area contributed by atoms with E-state index in [-0.39, 0.29) is 11.6 Å². The van der Waals surface area contributed by atoms with Crippen LogP contribution in [0.1, 0.15) is 16.8 Å². The average Bonchev–Trinajstić information content (AvgIpc) is 2.63. The summed E-state index contributed by atoms with van der Waals surface area (Å²) < 4.78 is 0. The summed E-state index contributed by atoms with van der Waals surface area (Å²) in [4.78, 5) is 28.7. The quantitative estimate of drug-likeness (QED) is 0.486. The monoisotopic (exact) mass is 342 g/mol. The van der Waals surface area contributed by atoms with Crippen molar-refractivity contribution >= 4 is 23.4 Å². The maximum absolute atomic E-state index is 12.5. The molecule has 0 atom stereocenters. The molecule has 122 valence electrons. The SMILES string of the molecule is O=C(c1ccc(Sc2cccc[nH+]2)c([N+](=O)[O-])c1)N1CC=CCC1. The highest BCUT2D eigenvalue weighted by Gasteiger charge is 2.22. The van der Waals surface area contributed by atoms with E-state index in [0.29, 0.717) is 23.5 Å². The first-order valence-corrected chi connectivity index (χ1v) is 8.34.